The number of aromatic nitrogens is 6. The van der Waals surface area contributed by atoms with Gasteiger partial charge in [0.05, 0.1) is 69.4 Å². The number of benzene rings is 6. The van der Waals surface area contributed by atoms with E-state index in [1.807, 2.05) is 33.8 Å². The molecular weight excluding hydrogens is 1280 g/mol. The van der Waals surface area contributed by atoms with Gasteiger partial charge in [0.25, 0.3) is 0 Å². The number of carbonyl (C=O) groups excluding carboxylic acids is 6. The Bertz CT molecular complexity index is 4460. The molecule has 17 nitrogen and oxygen atoms in total. The maximum Gasteiger partial charge on any atom is 0.497 e. The Morgan fingerprint density at radius 1 is 0.624 bits per heavy atom. The number of carbonyl (C=O) groups is 6. The van der Waals surface area contributed by atoms with Crippen molar-refractivity contribution in [3.8, 4) is 11.1 Å². The lowest BCUT2D eigenvalue weighted by Crippen LogP contribution is -2.43. The number of ketones is 4. The smallest absolute Gasteiger partial charge is 0.399 e. The van der Waals surface area contributed by atoms with Crippen LogP contribution in [0.2, 0.25) is 0 Å². The second-order valence-electron chi connectivity index (χ2n) is 24.0. The zero-order chi connectivity index (χ0) is 65.7. The van der Waals surface area contributed by atoms with Crippen LogP contribution in [0.1, 0.15) is 99.5 Å². The normalized spacial score (nSPS) is 18.5. The molecule has 4 aliphatic heterocycles. The van der Waals surface area contributed by atoms with Crippen LogP contribution in [-0.2, 0) is 60.8 Å². The van der Waals surface area contributed by atoms with Crippen molar-refractivity contribution in [3.05, 3.63) is 171 Å². The first-order valence-corrected chi connectivity index (χ1v) is 30.5. The van der Waals surface area contributed by atoms with Gasteiger partial charge in [0.15, 0.2) is 29.0 Å². The average molecular weight is 1340 g/mol. The van der Waals surface area contributed by atoms with Crippen molar-refractivity contribution < 1.29 is 64.4 Å². The van der Waals surface area contributed by atoms with Crippen LogP contribution in [0.25, 0.3) is 44.0 Å². The molecular formula is C68H65BBrF6N9O8. The second kappa shape index (κ2) is 27.0. The first kappa shape index (κ1) is 67.0. The van der Waals surface area contributed by atoms with Crippen LogP contribution in [-0.4, -0.2) is 136 Å². The van der Waals surface area contributed by atoms with E-state index in [0.29, 0.717) is 43.8 Å². The highest BCUT2D eigenvalue weighted by molar-refractivity contribution is 9.10. The fourth-order valence-corrected chi connectivity index (χ4v) is 12.3. The Morgan fingerprint density at radius 3 is 1.67 bits per heavy atom. The molecule has 7 heterocycles. The van der Waals surface area contributed by atoms with Gasteiger partial charge in [0.2, 0.25) is 11.8 Å². The summed E-state index contributed by atoms with van der Waals surface area (Å²) in [5.41, 5.74) is 2.51. The molecule has 0 aliphatic carbocycles. The number of H-pyrrole nitrogens is 1. The van der Waals surface area contributed by atoms with Gasteiger partial charge in [-0.25, -0.2) is 31.3 Å². The number of halogens is 7. The average Bonchev–Trinajstić information content (AvgIpc) is 1.67. The van der Waals surface area contributed by atoms with Gasteiger partial charge in [-0.15, -0.1) is 0 Å². The number of likely N-dealkylation sites (tertiary alicyclic amines) is 2. The van der Waals surface area contributed by atoms with E-state index in [2.05, 4.69) is 41.1 Å². The lowest BCUT2D eigenvalue weighted by Gasteiger charge is -2.32. The third-order valence-corrected chi connectivity index (χ3v) is 18.0. The molecule has 13 rings (SSSR count). The zero-order valence-corrected chi connectivity index (χ0v) is 52.4. The maximum absolute atomic E-state index is 15.6. The fourth-order valence-electron chi connectivity index (χ4n) is 11.9. The molecule has 2 amide bonds. The SMILES string of the molecule is C.CC(=O)c1nn(CC(=O)N2C[C@H](F)C[C@H]2C(=O)Cc2cccc(-c3ccc4[nH]cnc4c3F)c2F)c2ccccc12.CC(=O)c1nn(CC(=O)N2C[C@H](F)C[C@H]2C(=O)Cc2cccc(B3OC(C)(C)C(C)(C)O3)c2F)c2ccccc12.Fc1c(Br)ccc2c1CC=N2. The standard InChI is InChI=1S/C30H24F3N5O3.C29H32BF2N3O5.C8H5BrFN.CH4/c1-16(39)29-21-6-2-3-8-23(21)38(36-29)14-26(41)37-13-18(31)12-24(37)25(40)11-17-5-4-7-19(27(17)32)20-9-10-22-30(28(20)33)35-15-34-22;1-17(36)27-20-10-6-7-12-22(20)35(33-27)16-25(38)34-15-19(31)14-23(34)24(37)13-18-9-8-11-21(26(18)32)30-39-28(2,3)29(4,5)40-30;9-6-1-2-7-5(8(6)10)3-4-11-7;/h2-10,15,18,24H,11-14H2,1H3,(H,34,35);6-12,19,23H,13-16H2,1-5H3;1-2,4H,3H2;1H4/t18-,24+;19-,23+;;/m11../s1. The monoisotopic (exact) mass is 1340 g/mol. The highest BCUT2D eigenvalue weighted by Gasteiger charge is 2.53. The van der Waals surface area contributed by atoms with E-state index in [1.165, 1.54) is 64.8 Å². The van der Waals surface area contributed by atoms with Crippen molar-refractivity contribution in [1.82, 2.24) is 39.3 Å². The molecule has 3 fully saturated rings. The van der Waals surface area contributed by atoms with Crippen LogP contribution < -0.4 is 5.46 Å². The number of rotatable bonds is 14. The summed E-state index contributed by atoms with van der Waals surface area (Å²) in [6, 6.07) is 27.3. The summed E-state index contributed by atoms with van der Waals surface area (Å²) >= 11 is 3.12. The van der Waals surface area contributed by atoms with E-state index in [0.717, 1.165) is 10.6 Å². The minimum atomic E-state index is -1.43. The molecule has 1 N–H and O–H groups in total. The van der Waals surface area contributed by atoms with E-state index >= 15 is 13.2 Å². The number of hydrogen-bond acceptors (Lipinski definition) is 12. The summed E-state index contributed by atoms with van der Waals surface area (Å²) in [7, 11) is -0.941. The molecule has 4 aliphatic rings. The van der Waals surface area contributed by atoms with Gasteiger partial charge in [-0.2, -0.15) is 10.2 Å². The van der Waals surface area contributed by atoms with Gasteiger partial charge >= 0.3 is 7.12 Å². The first-order chi connectivity index (χ1) is 43.8. The number of Topliss-reactive ketones (excluding diaryl/α,β-unsaturated/α-hetero) is 4. The molecule has 0 saturated carbocycles. The van der Waals surface area contributed by atoms with Crippen LogP contribution in [0.3, 0.4) is 0 Å². The van der Waals surface area contributed by atoms with Gasteiger partial charge in [-0.05, 0) is 91.1 Å². The molecule has 93 heavy (non-hydrogen) atoms. The predicted molar refractivity (Wildman–Crippen MR) is 343 cm³/mol. The Hall–Kier alpha value is -8.94. The second-order valence-corrected chi connectivity index (χ2v) is 24.9. The van der Waals surface area contributed by atoms with Crippen LogP contribution in [0.15, 0.2) is 125 Å². The van der Waals surface area contributed by atoms with Gasteiger partial charge in [-0.1, -0.05) is 80.2 Å². The summed E-state index contributed by atoms with van der Waals surface area (Å²) in [6.45, 7) is 9.13. The summed E-state index contributed by atoms with van der Waals surface area (Å²) in [5, 5.41) is 9.78. The number of amides is 2. The van der Waals surface area contributed by atoms with Crippen molar-refractivity contribution in [3.63, 3.8) is 0 Å². The lowest BCUT2D eigenvalue weighted by atomic mass is 9.77. The number of para-hydroxylation sites is 2. The minimum absolute atomic E-state index is 0. The molecule has 25 heteroatoms. The number of fused-ring (bicyclic) bond motifs is 4. The third kappa shape index (κ3) is 13.4. The van der Waals surface area contributed by atoms with Crippen molar-refractivity contribution >= 4 is 108 Å². The molecule has 4 atom stereocenters. The highest BCUT2D eigenvalue weighted by atomic mass is 79.9. The summed E-state index contributed by atoms with van der Waals surface area (Å²) in [6.07, 6.45) is -0.252. The van der Waals surface area contributed by atoms with Gasteiger partial charge < -0.3 is 24.1 Å². The van der Waals surface area contributed by atoms with E-state index in [-0.39, 0.29) is 115 Å². The molecule has 3 saturated heterocycles. The zero-order valence-electron chi connectivity index (χ0n) is 50.8. The molecule has 482 valence electrons. The van der Waals surface area contributed by atoms with E-state index < -0.39 is 90.0 Å². The van der Waals surface area contributed by atoms with Crippen LogP contribution >= 0.6 is 15.9 Å². The molecule has 6 aromatic carbocycles. The molecule has 0 radical (unpaired) electrons. The molecule has 0 unspecified atom stereocenters. The van der Waals surface area contributed by atoms with Gasteiger partial charge in [0.1, 0.15) is 59.8 Å². The van der Waals surface area contributed by atoms with Gasteiger partial charge in [-0.3, -0.25) is 43.1 Å². The predicted octanol–water partition coefficient (Wildman–Crippen LogP) is 11.7. The van der Waals surface area contributed by atoms with Crippen molar-refractivity contribution in [1.29, 1.82) is 0 Å². The number of aliphatic imine (C=N–C) groups is 1. The number of hydrogen-bond donors (Lipinski definition) is 1. The van der Waals surface area contributed by atoms with Crippen molar-refractivity contribution in [2.75, 3.05) is 13.1 Å². The largest absolute Gasteiger partial charge is 0.497 e. The van der Waals surface area contributed by atoms with E-state index in [9.17, 15) is 41.9 Å². The van der Waals surface area contributed by atoms with Gasteiger partial charge in [0, 0.05) is 85.1 Å². The summed E-state index contributed by atoms with van der Waals surface area (Å²) in [5.74, 6) is -4.84. The highest BCUT2D eigenvalue weighted by Crippen LogP contribution is 2.38. The molecule has 3 aromatic heterocycles. The number of alkyl halides is 2. The van der Waals surface area contributed by atoms with E-state index in [4.69, 9.17) is 9.31 Å². The van der Waals surface area contributed by atoms with Crippen LogP contribution in [0.5, 0.6) is 0 Å². The Balaban J connectivity index is 0.000000173. The van der Waals surface area contributed by atoms with Crippen molar-refractivity contribution in [2.45, 2.75) is 130 Å². The maximum atomic E-state index is 15.6. The number of imidazole rings is 1. The molecule has 0 bridgehead atoms. The molecule has 0 spiro atoms. The first-order valence-electron chi connectivity index (χ1n) is 29.7. The Labute approximate surface area is 539 Å². The fraction of sp³-hybridized carbons (Fsp3) is 0.324. The number of nitrogens with zero attached hydrogens (tertiary/aromatic N) is 8. The third-order valence-electron chi connectivity index (χ3n) is 17.4. The van der Waals surface area contributed by atoms with Crippen LogP contribution in [0.4, 0.5) is 32.0 Å². The quantitative estimate of drug-likeness (QED) is 0.0616. The molecule has 9 aromatic rings. The minimum Gasteiger partial charge on any atom is -0.399 e. The number of nitrogens with one attached hydrogen (secondary N) is 1. The van der Waals surface area contributed by atoms with Crippen molar-refractivity contribution in [2.24, 2.45) is 4.99 Å². The topological polar surface area (TPSA) is 204 Å². The summed E-state index contributed by atoms with van der Waals surface area (Å²) in [4.78, 5) is 90.6. The lowest BCUT2D eigenvalue weighted by molar-refractivity contribution is -0.138. The number of aromatic amines is 1. The Kier molecular flexibility index (Phi) is 19.4. The van der Waals surface area contributed by atoms with E-state index in [1.54, 1.807) is 79.0 Å². The van der Waals surface area contributed by atoms with Crippen LogP contribution in [0, 0.1) is 23.3 Å². The summed E-state index contributed by atoms with van der Waals surface area (Å²) < 4.78 is 104. The Morgan fingerprint density at radius 2 is 1.13 bits per heavy atom.